The van der Waals surface area contributed by atoms with Gasteiger partial charge < -0.3 is 4.74 Å². The van der Waals surface area contributed by atoms with Gasteiger partial charge in [-0.3, -0.25) is 20.4 Å². The molecular formula is C17H17ClN2O5S. The first-order chi connectivity index (χ1) is 12.2. The molecule has 0 saturated carbocycles. The van der Waals surface area contributed by atoms with Gasteiger partial charge in [0.1, 0.15) is 5.75 Å². The molecular weight excluding hydrogens is 380 g/mol. The van der Waals surface area contributed by atoms with Crippen LogP contribution in [-0.2, 0) is 14.6 Å². The number of rotatable bonds is 5. The van der Waals surface area contributed by atoms with Crippen molar-refractivity contribution >= 4 is 33.3 Å². The van der Waals surface area contributed by atoms with Crippen LogP contribution in [0.1, 0.15) is 15.9 Å². The van der Waals surface area contributed by atoms with E-state index in [2.05, 4.69) is 10.9 Å². The molecule has 0 aliphatic heterocycles. The first-order valence-electron chi connectivity index (χ1n) is 7.45. The predicted molar refractivity (Wildman–Crippen MR) is 96.8 cm³/mol. The fourth-order valence-corrected chi connectivity index (χ4v) is 2.69. The molecule has 0 saturated heterocycles. The van der Waals surface area contributed by atoms with E-state index in [0.29, 0.717) is 10.8 Å². The third-order valence-electron chi connectivity index (χ3n) is 3.36. The topological polar surface area (TPSA) is 102 Å². The maximum Gasteiger partial charge on any atom is 0.276 e. The van der Waals surface area contributed by atoms with Crippen LogP contribution in [0.3, 0.4) is 0 Å². The highest BCUT2D eigenvalue weighted by Crippen LogP contribution is 2.20. The van der Waals surface area contributed by atoms with Gasteiger partial charge in [-0.2, -0.15) is 0 Å². The Morgan fingerprint density at radius 1 is 1.08 bits per heavy atom. The largest absolute Gasteiger partial charge is 0.484 e. The van der Waals surface area contributed by atoms with E-state index in [1.165, 1.54) is 24.3 Å². The van der Waals surface area contributed by atoms with Crippen molar-refractivity contribution in [3.8, 4) is 5.75 Å². The second kappa shape index (κ2) is 8.20. The van der Waals surface area contributed by atoms with Crippen LogP contribution in [0.5, 0.6) is 5.75 Å². The van der Waals surface area contributed by atoms with E-state index in [1.807, 2.05) is 6.92 Å². The van der Waals surface area contributed by atoms with Crippen molar-refractivity contribution in [1.82, 2.24) is 10.9 Å². The highest BCUT2D eigenvalue weighted by atomic mass is 35.5. The number of hydrogen-bond donors (Lipinski definition) is 2. The minimum absolute atomic E-state index is 0.102. The summed E-state index contributed by atoms with van der Waals surface area (Å²) in [5, 5.41) is 0.593. The second-order valence-corrected chi connectivity index (χ2v) is 7.92. The highest BCUT2D eigenvalue weighted by Gasteiger charge is 2.11. The van der Waals surface area contributed by atoms with Gasteiger partial charge in [0.25, 0.3) is 11.8 Å². The summed E-state index contributed by atoms with van der Waals surface area (Å²) in [7, 11) is -3.34. The lowest BCUT2D eigenvalue weighted by Crippen LogP contribution is -2.43. The number of hydrogen-bond acceptors (Lipinski definition) is 5. The maximum absolute atomic E-state index is 11.9. The van der Waals surface area contributed by atoms with Crippen LogP contribution in [0.2, 0.25) is 5.02 Å². The lowest BCUT2D eigenvalue weighted by atomic mass is 10.2. The van der Waals surface area contributed by atoms with Crippen molar-refractivity contribution in [3.63, 3.8) is 0 Å². The molecule has 0 radical (unpaired) electrons. The molecule has 0 spiro atoms. The van der Waals surface area contributed by atoms with E-state index in [9.17, 15) is 18.0 Å². The lowest BCUT2D eigenvalue weighted by molar-refractivity contribution is -0.123. The Balaban J connectivity index is 1.84. The van der Waals surface area contributed by atoms with Crippen LogP contribution < -0.4 is 15.6 Å². The zero-order valence-electron chi connectivity index (χ0n) is 14.1. The van der Waals surface area contributed by atoms with Crippen molar-refractivity contribution in [2.24, 2.45) is 0 Å². The van der Waals surface area contributed by atoms with Crippen molar-refractivity contribution < 1.29 is 22.7 Å². The van der Waals surface area contributed by atoms with Crippen LogP contribution in [0, 0.1) is 6.92 Å². The van der Waals surface area contributed by atoms with Crippen LogP contribution in [0.15, 0.2) is 47.4 Å². The van der Waals surface area contributed by atoms with Crippen molar-refractivity contribution in [2.45, 2.75) is 11.8 Å². The second-order valence-electron chi connectivity index (χ2n) is 5.50. The molecule has 2 rings (SSSR count). The molecule has 0 heterocycles. The molecule has 0 bridgehead atoms. The van der Waals surface area contributed by atoms with E-state index in [-0.39, 0.29) is 17.1 Å². The number of benzene rings is 2. The Morgan fingerprint density at radius 3 is 2.31 bits per heavy atom. The third-order valence-corrected chi connectivity index (χ3v) is 4.91. The molecule has 2 aromatic rings. The molecule has 0 aliphatic rings. The smallest absolute Gasteiger partial charge is 0.276 e. The normalized spacial score (nSPS) is 10.9. The molecule has 2 N–H and O–H groups in total. The Kier molecular flexibility index (Phi) is 6.23. The molecule has 0 unspecified atom stereocenters. The Hall–Kier alpha value is -2.58. The van der Waals surface area contributed by atoms with Gasteiger partial charge in [-0.05, 0) is 55.0 Å². The lowest BCUT2D eigenvalue weighted by Gasteiger charge is -2.10. The van der Waals surface area contributed by atoms with E-state index in [0.717, 1.165) is 11.8 Å². The molecule has 0 aliphatic carbocycles. The molecule has 0 atom stereocenters. The van der Waals surface area contributed by atoms with Crippen molar-refractivity contribution in [1.29, 1.82) is 0 Å². The van der Waals surface area contributed by atoms with Gasteiger partial charge >= 0.3 is 0 Å². The van der Waals surface area contributed by atoms with Gasteiger partial charge in [0.2, 0.25) is 0 Å². The Morgan fingerprint density at radius 2 is 1.73 bits per heavy atom. The minimum Gasteiger partial charge on any atom is -0.484 e. The standard InChI is InChI=1S/C17H17ClN2O5S/c1-11-9-13(5-8-15(11)18)25-10-16(21)19-20-17(22)12-3-6-14(7-4-12)26(2,23)24/h3-9H,10H2,1-2H3,(H,19,21)(H,20,22). The van der Waals surface area contributed by atoms with Gasteiger partial charge in [0.05, 0.1) is 4.90 Å². The number of halogens is 1. The highest BCUT2D eigenvalue weighted by molar-refractivity contribution is 7.90. The summed E-state index contributed by atoms with van der Waals surface area (Å²) < 4.78 is 28.1. The van der Waals surface area contributed by atoms with E-state index >= 15 is 0 Å². The molecule has 2 amide bonds. The summed E-state index contributed by atoms with van der Waals surface area (Å²) in [5.41, 5.74) is 5.45. The Labute approximate surface area is 156 Å². The number of ether oxygens (including phenoxy) is 1. The zero-order valence-corrected chi connectivity index (χ0v) is 15.6. The molecule has 0 fully saturated rings. The summed E-state index contributed by atoms with van der Waals surface area (Å²) in [6.07, 6.45) is 1.07. The van der Waals surface area contributed by atoms with Gasteiger partial charge in [0.15, 0.2) is 16.4 Å². The SMILES string of the molecule is Cc1cc(OCC(=O)NNC(=O)c2ccc(S(C)(=O)=O)cc2)ccc1Cl. The van der Waals surface area contributed by atoms with Crippen molar-refractivity contribution in [3.05, 3.63) is 58.6 Å². The molecule has 7 nitrogen and oxygen atoms in total. The molecule has 2 aromatic carbocycles. The third kappa shape index (κ3) is 5.47. The summed E-state index contributed by atoms with van der Waals surface area (Å²) in [4.78, 5) is 23.8. The molecule has 0 aromatic heterocycles. The first-order valence-corrected chi connectivity index (χ1v) is 9.72. The number of carbonyl (C=O) groups is 2. The number of hydrazine groups is 1. The van der Waals surface area contributed by atoms with Crippen molar-refractivity contribution in [2.75, 3.05) is 12.9 Å². The maximum atomic E-state index is 11.9. The average molecular weight is 397 g/mol. The average Bonchev–Trinajstić information content (AvgIpc) is 2.60. The molecule has 9 heteroatoms. The Bertz CT molecular complexity index is 927. The van der Waals surface area contributed by atoms with E-state index in [1.54, 1.807) is 18.2 Å². The summed E-state index contributed by atoms with van der Waals surface area (Å²) >= 11 is 5.91. The van der Waals surface area contributed by atoms with Gasteiger partial charge in [-0.25, -0.2) is 8.42 Å². The van der Waals surface area contributed by atoms with Crippen LogP contribution in [0.25, 0.3) is 0 Å². The number of aryl methyl sites for hydroxylation is 1. The van der Waals surface area contributed by atoms with Gasteiger partial charge in [-0.15, -0.1) is 0 Å². The van der Waals surface area contributed by atoms with E-state index < -0.39 is 21.7 Å². The molecule has 26 heavy (non-hydrogen) atoms. The predicted octanol–water partition coefficient (Wildman–Crippen LogP) is 1.89. The van der Waals surface area contributed by atoms with Crippen LogP contribution in [0.4, 0.5) is 0 Å². The number of sulfone groups is 1. The van der Waals surface area contributed by atoms with E-state index in [4.69, 9.17) is 16.3 Å². The summed E-state index contributed by atoms with van der Waals surface area (Å²) in [6.45, 7) is 1.51. The summed E-state index contributed by atoms with van der Waals surface area (Å²) in [5.74, 6) is -0.663. The quantitative estimate of drug-likeness (QED) is 0.751. The minimum atomic E-state index is -3.34. The number of nitrogens with one attached hydrogen (secondary N) is 2. The summed E-state index contributed by atoms with van der Waals surface area (Å²) in [6, 6.07) is 10.3. The first kappa shape index (κ1) is 19.7. The van der Waals surface area contributed by atoms with Gasteiger partial charge in [0, 0.05) is 16.8 Å². The monoisotopic (exact) mass is 396 g/mol. The number of carbonyl (C=O) groups excluding carboxylic acids is 2. The fourth-order valence-electron chi connectivity index (χ4n) is 1.94. The van der Waals surface area contributed by atoms with Crippen LogP contribution >= 0.6 is 11.6 Å². The van der Waals surface area contributed by atoms with Gasteiger partial charge in [-0.1, -0.05) is 11.6 Å². The zero-order chi connectivity index (χ0) is 19.3. The number of amides is 2. The van der Waals surface area contributed by atoms with Crippen LogP contribution in [-0.4, -0.2) is 33.1 Å². The molecule has 138 valence electrons. The fraction of sp³-hybridized carbons (Fsp3) is 0.176.